The molecule has 2 rings (SSSR count). The van der Waals surface area contributed by atoms with Gasteiger partial charge in [-0.3, -0.25) is 9.59 Å². The predicted octanol–water partition coefficient (Wildman–Crippen LogP) is 8.80. The summed E-state index contributed by atoms with van der Waals surface area (Å²) in [5, 5.41) is 0. The maximum atomic E-state index is 12.0. The van der Waals surface area contributed by atoms with E-state index in [2.05, 4.69) is 47.3 Å². The molecule has 0 aromatic carbocycles. The van der Waals surface area contributed by atoms with Crippen molar-refractivity contribution in [1.29, 1.82) is 0 Å². The highest BCUT2D eigenvalue weighted by atomic mass is 28.3. The third-order valence-corrected chi connectivity index (χ3v) is 11.9. The van der Waals surface area contributed by atoms with Crippen molar-refractivity contribution < 1.29 is 19.1 Å². The van der Waals surface area contributed by atoms with Gasteiger partial charge in [-0.2, -0.15) is 0 Å². The van der Waals surface area contributed by atoms with Crippen LogP contribution >= 0.6 is 0 Å². The Hall–Kier alpha value is -0.843. The summed E-state index contributed by atoms with van der Waals surface area (Å²) in [5.74, 6) is 0.873. The molecule has 2 aliphatic rings. The van der Waals surface area contributed by atoms with Gasteiger partial charge in [-0.1, -0.05) is 75.0 Å². The molecule has 206 valence electrons. The van der Waals surface area contributed by atoms with Gasteiger partial charge < -0.3 is 9.47 Å². The number of rotatable bonds is 8. The molecule has 0 heterocycles. The summed E-state index contributed by atoms with van der Waals surface area (Å²) in [6.45, 7) is 24.4. The van der Waals surface area contributed by atoms with Crippen LogP contribution in [0.4, 0.5) is 0 Å². The van der Waals surface area contributed by atoms with Gasteiger partial charge in [-0.05, 0) is 81.1 Å². The van der Waals surface area contributed by atoms with E-state index in [1.807, 2.05) is 27.7 Å². The maximum Gasteiger partial charge on any atom is 0.309 e. The zero-order chi connectivity index (χ0) is 27.0. The Kier molecular flexibility index (Phi) is 12.5. The van der Waals surface area contributed by atoms with Gasteiger partial charge in [-0.25, -0.2) is 0 Å². The van der Waals surface area contributed by atoms with Crippen molar-refractivity contribution in [2.75, 3.05) is 0 Å². The zero-order valence-electron chi connectivity index (χ0n) is 25.1. The Morgan fingerprint density at radius 1 is 0.886 bits per heavy atom. The average molecular weight is 511 g/mol. The number of hydrogen-bond acceptors (Lipinski definition) is 4. The van der Waals surface area contributed by atoms with E-state index in [9.17, 15) is 9.59 Å². The molecule has 4 atom stereocenters. The molecule has 4 nitrogen and oxygen atoms in total. The molecule has 0 amide bonds. The number of esters is 2. The minimum atomic E-state index is -1.11. The molecule has 0 radical (unpaired) electrons. The summed E-state index contributed by atoms with van der Waals surface area (Å²) >= 11 is 0. The topological polar surface area (TPSA) is 52.6 Å². The molecule has 0 aromatic heterocycles. The Morgan fingerprint density at radius 2 is 1.40 bits per heavy atom. The highest BCUT2D eigenvalue weighted by Crippen LogP contribution is 2.48. The summed E-state index contributed by atoms with van der Waals surface area (Å²) < 4.78 is 11.5. The second kappa shape index (κ2) is 13.6. The Labute approximate surface area is 218 Å². The second-order valence-electron chi connectivity index (χ2n) is 13.7. The standard InChI is InChI=1S/C15H30O2Si.C15H28O2/c1-7-12(3)14(16)17-15(8-2)10-9-13(11-15)18(4,5)6;1-6-11(2)14(16)17-13-9-7-12(8-10-13)15(3,4)5/h12-13H,7-11H2,1-6H3;11-13H,6-10H2,1-5H3. The first-order valence-corrected chi connectivity index (χ1v) is 18.1. The Balaban J connectivity index is 0.000000351. The monoisotopic (exact) mass is 510 g/mol. The molecule has 2 saturated carbocycles. The SMILES string of the molecule is CCC(C)C(=O)OC1(CC)CCC([Si](C)(C)C)C1.CCC(C)C(=O)OC1CCC(C(C)(C)C)CC1. The Bertz CT molecular complexity index is 654. The van der Waals surface area contributed by atoms with Crippen LogP contribution in [-0.4, -0.2) is 31.7 Å². The number of hydrogen-bond donors (Lipinski definition) is 0. The lowest BCUT2D eigenvalue weighted by atomic mass is 9.72. The van der Waals surface area contributed by atoms with Crippen molar-refractivity contribution in [3.05, 3.63) is 0 Å². The first kappa shape index (κ1) is 32.2. The van der Waals surface area contributed by atoms with Crippen molar-refractivity contribution in [2.45, 2.75) is 156 Å². The zero-order valence-corrected chi connectivity index (χ0v) is 26.1. The molecule has 0 N–H and O–H groups in total. The van der Waals surface area contributed by atoms with Crippen LogP contribution in [0, 0.1) is 23.2 Å². The highest BCUT2D eigenvalue weighted by Gasteiger charge is 2.45. The lowest BCUT2D eigenvalue weighted by molar-refractivity contribution is -0.164. The third-order valence-electron chi connectivity index (χ3n) is 8.96. The van der Waals surface area contributed by atoms with Gasteiger partial charge in [0.05, 0.1) is 11.8 Å². The number of ether oxygens (including phenoxy) is 2. The smallest absolute Gasteiger partial charge is 0.309 e. The van der Waals surface area contributed by atoms with E-state index < -0.39 is 8.07 Å². The van der Waals surface area contributed by atoms with Crippen LogP contribution in [0.15, 0.2) is 0 Å². The summed E-state index contributed by atoms with van der Waals surface area (Å²) in [5.41, 5.74) is 1.05. The molecule has 0 aliphatic heterocycles. The van der Waals surface area contributed by atoms with E-state index in [0.717, 1.165) is 56.4 Å². The fourth-order valence-electron chi connectivity index (χ4n) is 5.29. The van der Waals surface area contributed by atoms with Gasteiger partial charge in [0.15, 0.2) is 0 Å². The lowest BCUT2D eigenvalue weighted by Gasteiger charge is -2.36. The van der Waals surface area contributed by atoms with Crippen LogP contribution in [0.2, 0.25) is 25.2 Å². The van der Waals surface area contributed by atoms with Crippen molar-refractivity contribution in [2.24, 2.45) is 23.2 Å². The van der Waals surface area contributed by atoms with Gasteiger partial charge in [0.2, 0.25) is 0 Å². The van der Waals surface area contributed by atoms with Gasteiger partial charge >= 0.3 is 11.9 Å². The summed E-state index contributed by atoms with van der Waals surface area (Å²) in [7, 11) is -1.11. The molecule has 0 spiro atoms. The minimum Gasteiger partial charge on any atom is -0.462 e. The fourth-order valence-corrected chi connectivity index (χ4v) is 7.28. The molecule has 2 fully saturated rings. The first-order chi connectivity index (χ1) is 16.1. The van der Waals surface area contributed by atoms with E-state index >= 15 is 0 Å². The number of carbonyl (C=O) groups is 2. The largest absolute Gasteiger partial charge is 0.462 e. The summed E-state index contributed by atoms with van der Waals surface area (Å²) in [6, 6.07) is 0. The van der Waals surface area contributed by atoms with Gasteiger partial charge in [0.1, 0.15) is 11.7 Å². The normalized spacial score (nSPS) is 28.9. The van der Waals surface area contributed by atoms with Crippen LogP contribution in [-0.2, 0) is 19.1 Å². The van der Waals surface area contributed by atoms with Crippen LogP contribution in [0.25, 0.3) is 0 Å². The van der Waals surface area contributed by atoms with Crippen LogP contribution in [0.5, 0.6) is 0 Å². The van der Waals surface area contributed by atoms with Crippen molar-refractivity contribution in [3.8, 4) is 0 Å². The van der Waals surface area contributed by atoms with Crippen LogP contribution < -0.4 is 0 Å². The quantitative estimate of drug-likeness (QED) is 0.242. The van der Waals surface area contributed by atoms with Crippen molar-refractivity contribution in [3.63, 3.8) is 0 Å². The van der Waals surface area contributed by atoms with Gasteiger partial charge in [0.25, 0.3) is 0 Å². The van der Waals surface area contributed by atoms with Crippen molar-refractivity contribution >= 4 is 20.0 Å². The van der Waals surface area contributed by atoms with E-state index in [4.69, 9.17) is 9.47 Å². The summed E-state index contributed by atoms with van der Waals surface area (Å²) in [4.78, 5) is 23.7. The van der Waals surface area contributed by atoms with E-state index in [0.29, 0.717) is 5.41 Å². The van der Waals surface area contributed by atoms with Gasteiger partial charge in [0, 0.05) is 8.07 Å². The average Bonchev–Trinajstić information content (AvgIpc) is 3.23. The molecule has 2 aliphatic carbocycles. The van der Waals surface area contributed by atoms with Crippen LogP contribution in [0.3, 0.4) is 0 Å². The third kappa shape index (κ3) is 10.2. The molecular formula is C30H58O4Si. The highest BCUT2D eigenvalue weighted by molar-refractivity contribution is 6.77. The number of carbonyl (C=O) groups excluding carboxylic acids is 2. The van der Waals surface area contributed by atoms with E-state index in [1.165, 1.54) is 19.3 Å². The first-order valence-electron chi connectivity index (χ1n) is 14.5. The van der Waals surface area contributed by atoms with E-state index in [1.54, 1.807) is 0 Å². The van der Waals surface area contributed by atoms with Gasteiger partial charge in [-0.15, -0.1) is 0 Å². The minimum absolute atomic E-state index is 0.00768. The summed E-state index contributed by atoms with van der Waals surface area (Å²) in [6.07, 6.45) is 10.8. The molecule has 0 aromatic rings. The predicted molar refractivity (Wildman–Crippen MR) is 150 cm³/mol. The molecular weight excluding hydrogens is 452 g/mol. The van der Waals surface area contributed by atoms with Crippen molar-refractivity contribution in [1.82, 2.24) is 0 Å². The lowest BCUT2D eigenvalue weighted by Crippen LogP contribution is -2.35. The molecule has 35 heavy (non-hydrogen) atoms. The van der Waals surface area contributed by atoms with Crippen LogP contribution in [0.1, 0.15) is 120 Å². The maximum absolute atomic E-state index is 12.0. The Morgan fingerprint density at radius 3 is 1.80 bits per heavy atom. The second-order valence-corrected chi connectivity index (χ2v) is 19.2. The molecule has 0 saturated heterocycles. The van der Waals surface area contributed by atoms with E-state index in [-0.39, 0.29) is 35.5 Å². The molecule has 0 bridgehead atoms. The molecule has 4 unspecified atom stereocenters. The fraction of sp³-hybridized carbons (Fsp3) is 0.933. The molecule has 5 heteroatoms.